The molecule has 1 rings (SSSR count). The maximum absolute atomic E-state index is 11.7. The first-order valence-electron chi connectivity index (χ1n) is 7.44. The fourth-order valence-electron chi connectivity index (χ4n) is 1.90. The largest absolute Gasteiger partial charge is 0.337 e. The third-order valence-corrected chi connectivity index (χ3v) is 4.03. The molecule has 0 aromatic heterocycles. The summed E-state index contributed by atoms with van der Waals surface area (Å²) < 4.78 is 0. The van der Waals surface area contributed by atoms with E-state index in [9.17, 15) is 4.79 Å². The highest BCUT2D eigenvalue weighted by Crippen LogP contribution is 2.15. The molecule has 1 aromatic rings. The summed E-state index contributed by atoms with van der Waals surface area (Å²) in [6.07, 6.45) is 4.69. The number of rotatable bonds is 9. The van der Waals surface area contributed by atoms with Crippen LogP contribution >= 0.6 is 11.8 Å². The molecule has 0 aliphatic rings. The maximum atomic E-state index is 11.7. The molecule has 0 bridgehead atoms. The number of nitrogens with one attached hydrogen (secondary N) is 2. The fourth-order valence-corrected chi connectivity index (χ4v) is 2.69. The molecule has 0 heterocycles. The van der Waals surface area contributed by atoms with E-state index < -0.39 is 0 Å². The minimum absolute atomic E-state index is 0.0531. The molecule has 4 heteroatoms. The van der Waals surface area contributed by atoms with Crippen molar-refractivity contribution in [2.75, 3.05) is 12.3 Å². The molecule has 20 heavy (non-hydrogen) atoms. The number of urea groups is 1. The van der Waals surface area contributed by atoms with Crippen molar-refractivity contribution in [3.8, 4) is 0 Å². The normalized spacial score (nSPS) is 11.9. The minimum Gasteiger partial charge on any atom is -0.337 e. The Kier molecular flexibility index (Phi) is 8.96. The van der Waals surface area contributed by atoms with Crippen LogP contribution in [0.2, 0.25) is 0 Å². The Morgan fingerprint density at radius 2 is 2.00 bits per heavy atom. The van der Waals surface area contributed by atoms with E-state index in [1.54, 1.807) is 11.8 Å². The summed E-state index contributed by atoms with van der Waals surface area (Å²) in [7, 11) is 0. The predicted molar refractivity (Wildman–Crippen MR) is 87.3 cm³/mol. The molecular formula is C16H26N2OS. The number of amides is 2. The van der Waals surface area contributed by atoms with Crippen LogP contribution in [0.15, 0.2) is 35.2 Å². The molecule has 2 amide bonds. The highest BCUT2D eigenvalue weighted by molar-refractivity contribution is 7.99. The molecule has 0 aliphatic heterocycles. The van der Waals surface area contributed by atoms with Gasteiger partial charge < -0.3 is 10.6 Å². The number of carbonyl (C=O) groups excluding carboxylic acids is 1. The molecular weight excluding hydrogens is 268 g/mol. The van der Waals surface area contributed by atoms with Crippen LogP contribution in [0.25, 0.3) is 0 Å². The number of hydrogen-bond acceptors (Lipinski definition) is 2. The van der Waals surface area contributed by atoms with Crippen LogP contribution < -0.4 is 10.6 Å². The quantitative estimate of drug-likeness (QED) is 0.533. The van der Waals surface area contributed by atoms with Gasteiger partial charge in [-0.1, -0.05) is 44.4 Å². The first-order valence-corrected chi connectivity index (χ1v) is 8.43. The summed E-state index contributed by atoms with van der Waals surface area (Å²) in [6.45, 7) is 4.94. The van der Waals surface area contributed by atoms with Crippen LogP contribution in [0.1, 0.15) is 39.5 Å². The Balaban J connectivity index is 2.05. The SMILES string of the molecule is CCCCC[C@@H](C)NC(=O)NCCSc1ccccc1. The summed E-state index contributed by atoms with van der Waals surface area (Å²) in [6, 6.07) is 10.4. The topological polar surface area (TPSA) is 41.1 Å². The van der Waals surface area contributed by atoms with Gasteiger partial charge in [0, 0.05) is 23.2 Å². The Morgan fingerprint density at radius 1 is 1.25 bits per heavy atom. The lowest BCUT2D eigenvalue weighted by atomic mass is 10.1. The van der Waals surface area contributed by atoms with Crippen molar-refractivity contribution in [2.45, 2.75) is 50.5 Å². The van der Waals surface area contributed by atoms with Crippen LogP contribution in [0.3, 0.4) is 0 Å². The van der Waals surface area contributed by atoms with Gasteiger partial charge in [0.1, 0.15) is 0 Å². The molecule has 0 aliphatic carbocycles. The Hall–Kier alpha value is -1.16. The second kappa shape index (κ2) is 10.6. The zero-order valence-electron chi connectivity index (χ0n) is 12.5. The van der Waals surface area contributed by atoms with Crippen molar-refractivity contribution in [1.29, 1.82) is 0 Å². The third kappa shape index (κ3) is 8.10. The lowest BCUT2D eigenvalue weighted by Gasteiger charge is -2.14. The highest BCUT2D eigenvalue weighted by atomic mass is 32.2. The van der Waals surface area contributed by atoms with Crippen molar-refractivity contribution < 1.29 is 4.79 Å². The van der Waals surface area contributed by atoms with Gasteiger partial charge in [-0.3, -0.25) is 0 Å². The van der Waals surface area contributed by atoms with Crippen molar-refractivity contribution in [3.05, 3.63) is 30.3 Å². The summed E-state index contributed by atoms with van der Waals surface area (Å²) in [5.41, 5.74) is 0. The van der Waals surface area contributed by atoms with E-state index in [2.05, 4.69) is 36.6 Å². The molecule has 0 unspecified atom stereocenters. The number of unbranched alkanes of at least 4 members (excludes halogenated alkanes) is 2. The number of benzene rings is 1. The van der Waals surface area contributed by atoms with E-state index in [1.807, 2.05) is 18.2 Å². The summed E-state index contributed by atoms with van der Waals surface area (Å²) in [5, 5.41) is 5.88. The van der Waals surface area contributed by atoms with E-state index in [0.717, 1.165) is 12.2 Å². The van der Waals surface area contributed by atoms with Crippen LogP contribution in [0.5, 0.6) is 0 Å². The Labute approximate surface area is 126 Å². The van der Waals surface area contributed by atoms with Crippen molar-refractivity contribution >= 4 is 17.8 Å². The van der Waals surface area contributed by atoms with Gasteiger partial charge in [-0.15, -0.1) is 11.8 Å². The molecule has 0 radical (unpaired) electrons. The standard InChI is InChI=1S/C16H26N2OS/c1-3-4-6-9-14(2)18-16(19)17-12-13-20-15-10-7-5-8-11-15/h5,7-8,10-11,14H,3-4,6,9,12-13H2,1-2H3,(H2,17,18,19)/t14-/m1/s1. The smallest absolute Gasteiger partial charge is 0.315 e. The van der Waals surface area contributed by atoms with Crippen molar-refractivity contribution in [1.82, 2.24) is 10.6 Å². The Morgan fingerprint density at radius 3 is 2.70 bits per heavy atom. The molecule has 2 N–H and O–H groups in total. The minimum atomic E-state index is -0.0531. The van der Waals surface area contributed by atoms with Gasteiger partial charge in [-0.25, -0.2) is 4.79 Å². The monoisotopic (exact) mass is 294 g/mol. The van der Waals surface area contributed by atoms with Crippen LogP contribution in [-0.4, -0.2) is 24.4 Å². The summed E-state index contributed by atoms with van der Waals surface area (Å²) >= 11 is 1.76. The van der Waals surface area contributed by atoms with Crippen molar-refractivity contribution in [3.63, 3.8) is 0 Å². The van der Waals surface area contributed by atoms with Gasteiger partial charge in [0.15, 0.2) is 0 Å². The van der Waals surface area contributed by atoms with Gasteiger partial charge in [-0.05, 0) is 25.5 Å². The van der Waals surface area contributed by atoms with Gasteiger partial charge in [-0.2, -0.15) is 0 Å². The van der Waals surface area contributed by atoms with Crippen LogP contribution in [-0.2, 0) is 0 Å². The average molecular weight is 294 g/mol. The van der Waals surface area contributed by atoms with Gasteiger partial charge >= 0.3 is 6.03 Å². The van der Waals surface area contributed by atoms with Crippen LogP contribution in [0.4, 0.5) is 4.79 Å². The van der Waals surface area contributed by atoms with Gasteiger partial charge in [0.25, 0.3) is 0 Å². The lowest BCUT2D eigenvalue weighted by molar-refractivity contribution is 0.237. The molecule has 1 aromatic carbocycles. The lowest BCUT2D eigenvalue weighted by Crippen LogP contribution is -2.41. The third-order valence-electron chi connectivity index (χ3n) is 3.02. The van der Waals surface area contributed by atoms with E-state index >= 15 is 0 Å². The van der Waals surface area contributed by atoms with Crippen LogP contribution in [0, 0.1) is 0 Å². The van der Waals surface area contributed by atoms with E-state index in [0.29, 0.717) is 6.54 Å². The average Bonchev–Trinajstić information content (AvgIpc) is 2.45. The second-order valence-corrected chi connectivity index (χ2v) is 6.13. The fraction of sp³-hybridized carbons (Fsp3) is 0.562. The molecule has 0 saturated carbocycles. The first kappa shape index (κ1) is 16.9. The van der Waals surface area contributed by atoms with E-state index in [4.69, 9.17) is 0 Å². The molecule has 0 fully saturated rings. The maximum Gasteiger partial charge on any atom is 0.315 e. The summed E-state index contributed by atoms with van der Waals surface area (Å²) in [5.74, 6) is 0.891. The number of hydrogen-bond donors (Lipinski definition) is 2. The number of carbonyl (C=O) groups is 1. The zero-order chi connectivity index (χ0) is 14.6. The predicted octanol–water partition coefficient (Wildman–Crippen LogP) is 4.05. The summed E-state index contributed by atoms with van der Waals surface area (Å²) in [4.78, 5) is 12.9. The molecule has 0 saturated heterocycles. The molecule has 112 valence electrons. The zero-order valence-corrected chi connectivity index (χ0v) is 13.3. The Bertz CT molecular complexity index is 370. The number of thioether (sulfide) groups is 1. The first-order chi connectivity index (χ1) is 9.72. The van der Waals surface area contributed by atoms with Gasteiger partial charge in [0.05, 0.1) is 0 Å². The van der Waals surface area contributed by atoms with Crippen molar-refractivity contribution in [2.24, 2.45) is 0 Å². The van der Waals surface area contributed by atoms with E-state index in [-0.39, 0.29) is 12.1 Å². The highest BCUT2D eigenvalue weighted by Gasteiger charge is 2.05. The van der Waals surface area contributed by atoms with E-state index in [1.165, 1.54) is 24.2 Å². The molecule has 3 nitrogen and oxygen atoms in total. The van der Waals surface area contributed by atoms with Gasteiger partial charge in [0.2, 0.25) is 0 Å². The molecule has 1 atom stereocenters. The molecule has 0 spiro atoms. The second-order valence-electron chi connectivity index (χ2n) is 4.96.